The van der Waals surface area contributed by atoms with Gasteiger partial charge in [-0.3, -0.25) is 0 Å². The summed E-state index contributed by atoms with van der Waals surface area (Å²) in [5, 5.41) is 18.4. The molecule has 2 N–H and O–H groups in total. The summed E-state index contributed by atoms with van der Waals surface area (Å²) >= 11 is 0. The Bertz CT molecular complexity index is 918. The number of carboxylic acids is 1. The van der Waals surface area contributed by atoms with Crippen LogP contribution in [0.15, 0.2) is 42.0 Å². The SMILES string of the molecule is COc1cc2c(cc1-c1cccc(CO)c1)C=C(C(=O)O)C(C(F)(F)F)O2. The molecular weight excluding hydrogens is 365 g/mol. The van der Waals surface area contributed by atoms with E-state index in [1.165, 1.54) is 19.2 Å². The van der Waals surface area contributed by atoms with Crippen LogP contribution in [0.2, 0.25) is 0 Å². The highest BCUT2D eigenvalue weighted by atomic mass is 19.4. The molecule has 0 amide bonds. The fourth-order valence-electron chi connectivity index (χ4n) is 2.88. The molecule has 2 aromatic rings. The van der Waals surface area contributed by atoms with Crippen molar-refractivity contribution in [3.05, 3.63) is 53.1 Å². The monoisotopic (exact) mass is 380 g/mol. The highest BCUT2D eigenvalue weighted by molar-refractivity contribution is 5.95. The summed E-state index contributed by atoms with van der Waals surface area (Å²) in [5.74, 6) is -1.57. The van der Waals surface area contributed by atoms with Gasteiger partial charge in [0.05, 0.1) is 19.3 Å². The second kappa shape index (κ2) is 6.96. The van der Waals surface area contributed by atoms with Crippen LogP contribution in [0.4, 0.5) is 13.2 Å². The molecule has 0 bridgehead atoms. The zero-order chi connectivity index (χ0) is 19.8. The fourth-order valence-corrected chi connectivity index (χ4v) is 2.88. The molecule has 1 unspecified atom stereocenters. The number of aliphatic hydroxyl groups is 1. The number of aliphatic carboxylic acids is 1. The van der Waals surface area contributed by atoms with Crippen molar-refractivity contribution in [3.63, 3.8) is 0 Å². The second-order valence-electron chi connectivity index (χ2n) is 5.89. The predicted octanol–water partition coefficient (Wildman–Crippen LogP) is 3.65. The lowest BCUT2D eigenvalue weighted by Crippen LogP contribution is -2.40. The number of rotatable bonds is 4. The summed E-state index contributed by atoms with van der Waals surface area (Å²) in [6.45, 7) is -0.180. The molecule has 0 fully saturated rings. The Morgan fingerprint density at radius 2 is 2.00 bits per heavy atom. The van der Waals surface area contributed by atoms with Crippen molar-refractivity contribution in [2.75, 3.05) is 7.11 Å². The summed E-state index contributed by atoms with van der Waals surface area (Å²) in [6, 6.07) is 9.67. The van der Waals surface area contributed by atoms with Gasteiger partial charge in [-0.2, -0.15) is 13.2 Å². The van der Waals surface area contributed by atoms with E-state index in [1.54, 1.807) is 24.3 Å². The molecule has 0 saturated carbocycles. The van der Waals surface area contributed by atoms with E-state index in [0.29, 0.717) is 16.7 Å². The third-order valence-corrected chi connectivity index (χ3v) is 4.14. The van der Waals surface area contributed by atoms with Crippen LogP contribution in [-0.4, -0.2) is 35.6 Å². The minimum absolute atomic E-state index is 0.124. The highest BCUT2D eigenvalue weighted by Gasteiger charge is 2.48. The largest absolute Gasteiger partial charge is 0.496 e. The van der Waals surface area contributed by atoms with Crippen LogP contribution in [0.5, 0.6) is 11.5 Å². The summed E-state index contributed by atoms with van der Waals surface area (Å²) in [5.41, 5.74) is 1.13. The number of hydrogen-bond donors (Lipinski definition) is 2. The summed E-state index contributed by atoms with van der Waals surface area (Å²) < 4.78 is 49.7. The number of hydrogen-bond acceptors (Lipinski definition) is 4. The molecule has 1 aliphatic rings. The molecule has 0 aliphatic carbocycles. The van der Waals surface area contributed by atoms with Gasteiger partial charge in [-0.1, -0.05) is 18.2 Å². The zero-order valence-electron chi connectivity index (χ0n) is 14.1. The Morgan fingerprint density at radius 3 is 2.59 bits per heavy atom. The zero-order valence-corrected chi connectivity index (χ0v) is 14.1. The standard InChI is InChI=1S/C19H15F3O5/c1-26-16-8-15-12(6-13(16)11-4-2-3-10(5-11)9-23)7-14(18(24)25)17(27-15)19(20,21)22/h2-8,17,23H,9H2,1H3,(H,24,25). The van der Waals surface area contributed by atoms with Crippen LogP contribution < -0.4 is 9.47 Å². The normalized spacial score (nSPS) is 16.2. The topological polar surface area (TPSA) is 76.0 Å². The average molecular weight is 380 g/mol. The molecule has 0 radical (unpaired) electrons. The van der Waals surface area contributed by atoms with Crippen LogP contribution >= 0.6 is 0 Å². The lowest BCUT2D eigenvalue weighted by Gasteiger charge is -2.27. The molecule has 1 atom stereocenters. The van der Waals surface area contributed by atoms with E-state index in [2.05, 4.69) is 0 Å². The Morgan fingerprint density at radius 1 is 1.26 bits per heavy atom. The van der Waals surface area contributed by atoms with E-state index in [-0.39, 0.29) is 23.7 Å². The molecule has 0 aromatic heterocycles. The van der Waals surface area contributed by atoms with Gasteiger partial charge in [-0.25, -0.2) is 4.79 Å². The van der Waals surface area contributed by atoms with Crippen LogP contribution in [0, 0.1) is 0 Å². The summed E-state index contributed by atoms with van der Waals surface area (Å²) in [7, 11) is 1.36. The number of alkyl halides is 3. The van der Waals surface area contributed by atoms with Gasteiger partial charge in [0.1, 0.15) is 11.5 Å². The number of aliphatic hydroxyl groups excluding tert-OH is 1. The third-order valence-electron chi connectivity index (χ3n) is 4.14. The van der Waals surface area contributed by atoms with Gasteiger partial charge in [0.15, 0.2) is 0 Å². The Labute approximate surface area is 152 Å². The number of ether oxygens (including phenoxy) is 2. The number of methoxy groups -OCH3 is 1. The highest BCUT2D eigenvalue weighted by Crippen LogP contribution is 2.42. The number of carbonyl (C=O) groups is 1. The van der Waals surface area contributed by atoms with Crippen molar-refractivity contribution in [3.8, 4) is 22.6 Å². The third kappa shape index (κ3) is 3.61. The molecule has 142 valence electrons. The smallest absolute Gasteiger partial charge is 0.430 e. The summed E-state index contributed by atoms with van der Waals surface area (Å²) in [6.07, 6.45) is -6.47. The van der Waals surface area contributed by atoms with Crippen LogP contribution in [-0.2, 0) is 11.4 Å². The van der Waals surface area contributed by atoms with E-state index < -0.39 is 23.8 Å². The van der Waals surface area contributed by atoms with Gasteiger partial charge in [-0.05, 0) is 29.3 Å². The molecule has 3 rings (SSSR count). The predicted molar refractivity (Wildman–Crippen MR) is 90.4 cm³/mol. The van der Waals surface area contributed by atoms with Crippen LogP contribution in [0.1, 0.15) is 11.1 Å². The van der Waals surface area contributed by atoms with Crippen molar-refractivity contribution in [1.29, 1.82) is 0 Å². The molecule has 5 nitrogen and oxygen atoms in total. The van der Waals surface area contributed by atoms with Crippen molar-refractivity contribution in [1.82, 2.24) is 0 Å². The molecule has 1 aliphatic heterocycles. The van der Waals surface area contributed by atoms with Gasteiger partial charge < -0.3 is 19.7 Å². The van der Waals surface area contributed by atoms with E-state index in [4.69, 9.17) is 14.6 Å². The van der Waals surface area contributed by atoms with Gasteiger partial charge in [0, 0.05) is 17.2 Å². The molecule has 1 heterocycles. The molecule has 27 heavy (non-hydrogen) atoms. The van der Waals surface area contributed by atoms with E-state index in [9.17, 15) is 23.1 Å². The van der Waals surface area contributed by atoms with Crippen molar-refractivity contribution in [2.24, 2.45) is 0 Å². The number of fused-ring (bicyclic) bond motifs is 1. The summed E-state index contributed by atoms with van der Waals surface area (Å²) in [4.78, 5) is 11.3. The minimum Gasteiger partial charge on any atom is -0.496 e. The maximum atomic E-state index is 13.2. The van der Waals surface area contributed by atoms with E-state index >= 15 is 0 Å². The number of benzene rings is 2. The molecule has 2 aromatic carbocycles. The van der Waals surface area contributed by atoms with E-state index in [1.807, 2.05) is 0 Å². The lowest BCUT2D eigenvalue weighted by molar-refractivity contribution is -0.187. The minimum atomic E-state index is -4.87. The van der Waals surface area contributed by atoms with Crippen LogP contribution in [0.25, 0.3) is 17.2 Å². The Hall–Kier alpha value is -3.00. The second-order valence-corrected chi connectivity index (χ2v) is 5.89. The van der Waals surface area contributed by atoms with Gasteiger partial charge in [0.2, 0.25) is 6.10 Å². The van der Waals surface area contributed by atoms with Gasteiger partial charge in [0.25, 0.3) is 0 Å². The number of carboxylic acid groups (broad SMARTS) is 1. The van der Waals surface area contributed by atoms with Gasteiger partial charge in [-0.15, -0.1) is 0 Å². The van der Waals surface area contributed by atoms with Crippen molar-refractivity contribution < 1.29 is 37.7 Å². The molecular formula is C19H15F3O5. The number of halogens is 3. The first kappa shape index (κ1) is 18.8. The first-order valence-corrected chi connectivity index (χ1v) is 7.85. The van der Waals surface area contributed by atoms with E-state index in [0.717, 1.165) is 6.08 Å². The molecule has 8 heteroatoms. The first-order valence-electron chi connectivity index (χ1n) is 7.85. The van der Waals surface area contributed by atoms with Gasteiger partial charge >= 0.3 is 12.1 Å². The maximum absolute atomic E-state index is 13.2. The quantitative estimate of drug-likeness (QED) is 0.847. The fraction of sp³-hybridized carbons (Fsp3) is 0.211. The first-order chi connectivity index (χ1) is 12.7. The lowest BCUT2D eigenvalue weighted by atomic mass is 9.95. The van der Waals surface area contributed by atoms with Crippen molar-refractivity contribution >= 4 is 12.0 Å². The average Bonchev–Trinajstić information content (AvgIpc) is 2.65. The van der Waals surface area contributed by atoms with Crippen molar-refractivity contribution in [2.45, 2.75) is 18.9 Å². The Balaban J connectivity index is 2.16. The van der Waals surface area contributed by atoms with Crippen LogP contribution in [0.3, 0.4) is 0 Å². The Kier molecular flexibility index (Phi) is 4.84. The maximum Gasteiger partial charge on any atom is 0.430 e. The molecule has 0 saturated heterocycles. The molecule has 0 spiro atoms.